The highest BCUT2D eigenvalue weighted by Crippen LogP contribution is 2.22. The summed E-state index contributed by atoms with van der Waals surface area (Å²) in [6.45, 7) is 3.64. The van der Waals surface area contributed by atoms with Gasteiger partial charge in [0.2, 0.25) is 0 Å². The number of rotatable bonds is 2. The molecule has 1 heterocycles. The molecule has 18 heavy (non-hydrogen) atoms. The molecule has 0 saturated heterocycles. The van der Waals surface area contributed by atoms with E-state index < -0.39 is 0 Å². The second-order valence-electron chi connectivity index (χ2n) is 4.11. The van der Waals surface area contributed by atoms with Crippen molar-refractivity contribution in [1.29, 1.82) is 5.26 Å². The van der Waals surface area contributed by atoms with Gasteiger partial charge in [-0.3, -0.25) is 0 Å². The monoisotopic (exact) mass is 241 g/mol. The van der Waals surface area contributed by atoms with Crippen molar-refractivity contribution in [2.45, 2.75) is 13.8 Å². The Morgan fingerprint density at radius 3 is 2.72 bits per heavy atom. The molecule has 2 rings (SSSR count). The van der Waals surface area contributed by atoms with Crippen LogP contribution in [0.15, 0.2) is 30.5 Å². The van der Waals surface area contributed by atoms with Crippen LogP contribution in [0, 0.1) is 31.0 Å². The van der Waals surface area contributed by atoms with Crippen molar-refractivity contribution in [3.63, 3.8) is 0 Å². The minimum absolute atomic E-state index is 0.316. The Morgan fingerprint density at radius 2 is 2.06 bits per heavy atom. The van der Waals surface area contributed by atoms with Crippen LogP contribution in [0.4, 0.5) is 15.9 Å². The van der Waals surface area contributed by atoms with Crippen molar-refractivity contribution in [2.75, 3.05) is 5.32 Å². The van der Waals surface area contributed by atoms with Crippen LogP contribution in [0.5, 0.6) is 0 Å². The Bertz CT molecular complexity index is 609. The van der Waals surface area contributed by atoms with Crippen LogP contribution in [0.3, 0.4) is 0 Å². The molecule has 0 radical (unpaired) electrons. The second-order valence-corrected chi connectivity index (χ2v) is 4.11. The van der Waals surface area contributed by atoms with E-state index in [1.807, 2.05) is 13.8 Å². The van der Waals surface area contributed by atoms with Crippen molar-refractivity contribution in [3.05, 3.63) is 53.0 Å². The van der Waals surface area contributed by atoms with Gasteiger partial charge in [-0.05, 0) is 49.2 Å². The summed E-state index contributed by atoms with van der Waals surface area (Å²) in [5.41, 5.74) is 2.70. The highest BCUT2D eigenvalue weighted by molar-refractivity contribution is 5.64. The van der Waals surface area contributed by atoms with Gasteiger partial charge in [0.15, 0.2) is 0 Å². The van der Waals surface area contributed by atoms with E-state index >= 15 is 0 Å². The third-order valence-electron chi connectivity index (χ3n) is 2.58. The van der Waals surface area contributed by atoms with E-state index in [9.17, 15) is 4.39 Å². The molecule has 2 aromatic rings. The van der Waals surface area contributed by atoms with E-state index in [0.717, 1.165) is 11.1 Å². The van der Waals surface area contributed by atoms with Gasteiger partial charge in [-0.1, -0.05) is 0 Å². The minimum atomic E-state index is -0.316. The van der Waals surface area contributed by atoms with Crippen LogP contribution in [0.2, 0.25) is 0 Å². The summed E-state index contributed by atoms with van der Waals surface area (Å²) < 4.78 is 13.3. The molecule has 0 saturated carbocycles. The van der Waals surface area contributed by atoms with Crippen LogP contribution in [0.1, 0.15) is 16.7 Å². The van der Waals surface area contributed by atoms with Crippen molar-refractivity contribution in [3.8, 4) is 6.07 Å². The summed E-state index contributed by atoms with van der Waals surface area (Å²) in [6.07, 6.45) is 1.62. The number of hydrogen-bond donors (Lipinski definition) is 1. The number of benzene rings is 1. The molecule has 0 aliphatic heterocycles. The number of anilines is 2. The third kappa shape index (κ3) is 2.46. The van der Waals surface area contributed by atoms with Gasteiger partial charge in [0, 0.05) is 11.9 Å². The molecule has 0 aliphatic rings. The summed E-state index contributed by atoms with van der Waals surface area (Å²) >= 11 is 0. The first-order valence-electron chi connectivity index (χ1n) is 5.50. The zero-order chi connectivity index (χ0) is 13.1. The molecule has 1 N–H and O–H groups in total. The Hall–Kier alpha value is -2.41. The smallest absolute Gasteiger partial charge is 0.148 e. The van der Waals surface area contributed by atoms with Gasteiger partial charge >= 0.3 is 0 Å². The lowest BCUT2D eigenvalue weighted by Gasteiger charge is -2.09. The lowest BCUT2D eigenvalue weighted by Crippen LogP contribution is -1.99. The van der Waals surface area contributed by atoms with E-state index in [1.165, 1.54) is 12.1 Å². The third-order valence-corrected chi connectivity index (χ3v) is 2.58. The van der Waals surface area contributed by atoms with Crippen LogP contribution >= 0.6 is 0 Å². The van der Waals surface area contributed by atoms with Crippen LogP contribution in [0.25, 0.3) is 0 Å². The number of aromatic nitrogens is 1. The number of nitrogens with zero attached hydrogens (tertiary/aromatic N) is 2. The zero-order valence-corrected chi connectivity index (χ0v) is 10.2. The first kappa shape index (κ1) is 12.1. The van der Waals surface area contributed by atoms with Gasteiger partial charge < -0.3 is 5.32 Å². The van der Waals surface area contributed by atoms with Gasteiger partial charge in [-0.25, -0.2) is 9.37 Å². The number of halogens is 1. The Kier molecular flexibility index (Phi) is 3.24. The first-order valence-corrected chi connectivity index (χ1v) is 5.50. The van der Waals surface area contributed by atoms with E-state index in [0.29, 0.717) is 17.1 Å². The van der Waals surface area contributed by atoms with Crippen molar-refractivity contribution in [2.24, 2.45) is 0 Å². The van der Waals surface area contributed by atoms with E-state index in [2.05, 4.69) is 16.4 Å². The van der Waals surface area contributed by atoms with Crippen molar-refractivity contribution < 1.29 is 4.39 Å². The van der Waals surface area contributed by atoms with Crippen LogP contribution < -0.4 is 5.32 Å². The molecule has 0 fully saturated rings. The average Bonchev–Trinajstić information content (AvgIpc) is 2.27. The Balaban J connectivity index is 2.40. The fourth-order valence-electron chi connectivity index (χ4n) is 1.74. The summed E-state index contributed by atoms with van der Waals surface area (Å²) in [6, 6.07) is 8.48. The SMILES string of the molecule is Cc1cc(F)cc(Nc2nccc(C)c2C#N)c1. The molecule has 3 nitrogen and oxygen atoms in total. The number of nitrogens with one attached hydrogen (secondary N) is 1. The fraction of sp³-hybridized carbons (Fsp3) is 0.143. The average molecular weight is 241 g/mol. The second kappa shape index (κ2) is 4.84. The highest BCUT2D eigenvalue weighted by Gasteiger charge is 2.07. The molecule has 4 heteroatoms. The zero-order valence-electron chi connectivity index (χ0n) is 10.2. The maximum atomic E-state index is 13.3. The predicted molar refractivity (Wildman–Crippen MR) is 68.1 cm³/mol. The van der Waals surface area contributed by atoms with Crippen LogP contribution in [-0.2, 0) is 0 Å². The van der Waals surface area contributed by atoms with Gasteiger partial charge in [0.1, 0.15) is 17.7 Å². The molecule has 0 aliphatic carbocycles. The Morgan fingerprint density at radius 1 is 1.28 bits per heavy atom. The van der Waals surface area contributed by atoms with Crippen molar-refractivity contribution in [1.82, 2.24) is 4.98 Å². The van der Waals surface area contributed by atoms with E-state index in [1.54, 1.807) is 18.3 Å². The van der Waals surface area contributed by atoms with Gasteiger partial charge in [0.05, 0.1) is 5.56 Å². The standard InChI is InChI=1S/C14H12FN3/c1-9-5-11(15)7-12(6-9)18-14-13(8-16)10(2)3-4-17-14/h3-7H,1-2H3,(H,17,18). The molecule has 0 spiro atoms. The molecular weight excluding hydrogens is 229 g/mol. The number of nitriles is 1. The molecule has 1 aromatic heterocycles. The summed E-state index contributed by atoms with van der Waals surface area (Å²) in [7, 11) is 0. The highest BCUT2D eigenvalue weighted by atomic mass is 19.1. The summed E-state index contributed by atoms with van der Waals surface area (Å²) in [4.78, 5) is 4.11. The minimum Gasteiger partial charge on any atom is -0.339 e. The fourth-order valence-corrected chi connectivity index (χ4v) is 1.74. The molecular formula is C14H12FN3. The maximum absolute atomic E-state index is 13.3. The molecule has 90 valence electrons. The molecule has 0 amide bonds. The lowest BCUT2D eigenvalue weighted by molar-refractivity contribution is 0.627. The quantitative estimate of drug-likeness (QED) is 0.876. The summed E-state index contributed by atoms with van der Waals surface area (Å²) in [5, 5.41) is 12.1. The predicted octanol–water partition coefficient (Wildman–Crippen LogP) is 3.45. The van der Waals surface area contributed by atoms with Gasteiger partial charge in [-0.2, -0.15) is 5.26 Å². The number of hydrogen-bond acceptors (Lipinski definition) is 3. The van der Waals surface area contributed by atoms with E-state index in [4.69, 9.17) is 5.26 Å². The number of pyridine rings is 1. The molecule has 0 atom stereocenters. The normalized spacial score (nSPS) is 9.89. The van der Waals surface area contributed by atoms with E-state index in [-0.39, 0.29) is 5.82 Å². The lowest BCUT2D eigenvalue weighted by atomic mass is 10.1. The van der Waals surface area contributed by atoms with Crippen molar-refractivity contribution >= 4 is 11.5 Å². The number of aryl methyl sites for hydroxylation is 2. The molecule has 0 unspecified atom stereocenters. The first-order chi connectivity index (χ1) is 8.60. The molecule has 1 aromatic carbocycles. The molecule has 0 bridgehead atoms. The van der Waals surface area contributed by atoms with Gasteiger partial charge in [0.25, 0.3) is 0 Å². The topological polar surface area (TPSA) is 48.7 Å². The van der Waals surface area contributed by atoms with Crippen LogP contribution in [-0.4, -0.2) is 4.98 Å². The summed E-state index contributed by atoms with van der Waals surface area (Å²) in [5.74, 6) is 0.131. The maximum Gasteiger partial charge on any atom is 0.148 e. The Labute approximate surface area is 105 Å². The largest absolute Gasteiger partial charge is 0.339 e. The van der Waals surface area contributed by atoms with Gasteiger partial charge in [-0.15, -0.1) is 0 Å².